The number of ether oxygens (including phenoxy) is 1. The highest BCUT2D eigenvalue weighted by molar-refractivity contribution is 5.92. The molecule has 41 heavy (non-hydrogen) atoms. The van der Waals surface area contributed by atoms with Crippen molar-refractivity contribution in [2.75, 3.05) is 25.0 Å². The Kier molecular flexibility index (Phi) is 7.46. The predicted octanol–water partition coefficient (Wildman–Crippen LogP) is 4.83. The van der Waals surface area contributed by atoms with E-state index in [2.05, 4.69) is 20.9 Å². The van der Waals surface area contributed by atoms with Crippen LogP contribution in [0.25, 0.3) is 16.6 Å². The lowest BCUT2D eigenvalue weighted by Gasteiger charge is -2.29. The number of pyridine rings is 1. The summed E-state index contributed by atoms with van der Waals surface area (Å²) in [5.74, 6) is 0.180. The summed E-state index contributed by atoms with van der Waals surface area (Å²) in [4.78, 5) is 23.5. The molecule has 4 aromatic rings. The zero-order chi connectivity index (χ0) is 28.3. The van der Waals surface area contributed by atoms with Crippen LogP contribution < -0.4 is 5.32 Å². The minimum Gasteiger partial charge on any atom is -0.478 e. The smallest absolute Gasteiger partial charge is 0.335 e. The van der Waals surface area contributed by atoms with Crippen molar-refractivity contribution in [3.8, 4) is 6.07 Å². The molecule has 208 valence electrons. The Morgan fingerprint density at radius 2 is 2.07 bits per heavy atom. The van der Waals surface area contributed by atoms with Crippen LogP contribution in [0.1, 0.15) is 45.8 Å². The lowest BCUT2D eigenvalue weighted by molar-refractivity contribution is -0.0591. The average molecular weight is 553 g/mol. The molecule has 2 aliphatic heterocycles. The molecule has 9 nitrogen and oxygen atoms in total. The van der Waals surface area contributed by atoms with Crippen molar-refractivity contribution >= 4 is 28.4 Å². The van der Waals surface area contributed by atoms with Gasteiger partial charge in [-0.25, -0.2) is 19.2 Å². The molecule has 2 aliphatic rings. The van der Waals surface area contributed by atoms with Crippen molar-refractivity contribution in [2.24, 2.45) is 0 Å². The van der Waals surface area contributed by atoms with Crippen LogP contribution in [0.2, 0.25) is 0 Å². The molecule has 2 N–H and O–H groups in total. The van der Waals surface area contributed by atoms with E-state index < -0.39 is 11.8 Å². The topological polar surface area (TPSA) is 116 Å². The monoisotopic (exact) mass is 552 g/mol. The number of hydrogen-bond donors (Lipinski definition) is 2. The summed E-state index contributed by atoms with van der Waals surface area (Å²) in [6, 6.07) is 17.2. The third-order valence-electron chi connectivity index (χ3n) is 7.63. The second-order valence-corrected chi connectivity index (χ2v) is 10.3. The van der Waals surface area contributed by atoms with Crippen LogP contribution in [-0.4, -0.2) is 56.3 Å². The average Bonchev–Trinajstić information content (AvgIpc) is 3.30. The number of benzene rings is 2. The Morgan fingerprint density at radius 3 is 2.78 bits per heavy atom. The fourth-order valence-electron chi connectivity index (χ4n) is 5.21. The quantitative estimate of drug-likeness (QED) is 0.303. The molecular weight excluding hydrogens is 523 g/mol. The maximum absolute atomic E-state index is 14.3. The number of nitriles is 1. The van der Waals surface area contributed by atoms with Gasteiger partial charge in [0.2, 0.25) is 0 Å². The largest absolute Gasteiger partial charge is 0.478 e. The van der Waals surface area contributed by atoms with Crippen LogP contribution in [0, 0.1) is 17.1 Å². The van der Waals surface area contributed by atoms with Gasteiger partial charge in [-0.2, -0.15) is 5.26 Å². The minimum absolute atomic E-state index is 0.118. The highest BCUT2D eigenvalue weighted by Crippen LogP contribution is 2.26. The van der Waals surface area contributed by atoms with Crippen LogP contribution in [0.15, 0.2) is 60.7 Å². The number of carboxylic acid groups (broad SMARTS) is 1. The van der Waals surface area contributed by atoms with Gasteiger partial charge in [-0.3, -0.25) is 4.90 Å². The zero-order valence-electron chi connectivity index (χ0n) is 22.4. The number of aromatic nitrogens is 3. The molecule has 2 aromatic carbocycles. The van der Waals surface area contributed by atoms with Gasteiger partial charge in [-0.05, 0) is 60.9 Å². The number of rotatable bonds is 9. The maximum atomic E-state index is 14.3. The molecule has 1 saturated heterocycles. The fourth-order valence-corrected chi connectivity index (χ4v) is 5.21. The highest BCUT2D eigenvalue weighted by Gasteiger charge is 2.24. The normalized spacial score (nSPS) is 17.1. The van der Waals surface area contributed by atoms with Gasteiger partial charge in [0.15, 0.2) is 0 Å². The van der Waals surface area contributed by atoms with E-state index in [1.54, 1.807) is 30.3 Å². The molecule has 6 rings (SSSR count). The van der Waals surface area contributed by atoms with Crippen molar-refractivity contribution in [3.63, 3.8) is 0 Å². The van der Waals surface area contributed by atoms with E-state index in [1.807, 2.05) is 24.3 Å². The number of aromatic carboxylic acids is 1. The number of imidazole rings is 1. The summed E-state index contributed by atoms with van der Waals surface area (Å²) in [5.41, 5.74) is 4.64. The van der Waals surface area contributed by atoms with E-state index >= 15 is 0 Å². The van der Waals surface area contributed by atoms with Gasteiger partial charge >= 0.3 is 5.97 Å². The molecule has 4 heterocycles. The van der Waals surface area contributed by atoms with Crippen molar-refractivity contribution in [2.45, 2.75) is 38.6 Å². The molecule has 10 heteroatoms. The standard InChI is InChI=1S/C31H29FN6O3/c32-25-14-20(16-33)4-5-23(25)17-34-29-3-1-2-26(35-29)21-8-11-37(12-9-21)19-30-36-27-7-6-22(31(39)40)15-28(27)38(30)18-24-10-13-41-24/h1-8,14-15,24H,9-13,17-19H2,(H,34,35)(H,39,40)/t24-/m0/s1. The highest BCUT2D eigenvalue weighted by atomic mass is 19.1. The molecular formula is C31H29FN6O3. The van der Waals surface area contributed by atoms with Gasteiger partial charge in [0.25, 0.3) is 0 Å². The second-order valence-electron chi connectivity index (χ2n) is 10.3. The second kappa shape index (κ2) is 11.5. The van der Waals surface area contributed by atoms with Crippen molar-refractivity contribution in [1.82, 2.24) is 19.4 Å². The number of halogens is 1. The maximum Gasteiger partial charge on any atom is 0.335 e. The summed E-state index contributed by atoms with van der Waals surface area (Å²) in [6.07, 6.45) is 4.10. The van der Waals surface area contributed by atoms with Gasteiger partial charge < -0.3 is 19.7 Å². The molecule has 2 aromatic heterocycles. The van der Waals surface area contributed by atoms with E-state index in [1.165, 1.54) is 6.07 Å². The van der Waals surface area contributed by atoms with Crippen LogP contribution in [0.5, 0.6) is 0 Å². The molecule has 0 radical (unpaired) electrons. The van der Waals surface area contributed by atoms with Crippen LogP contribution in [0.4, 0.5) is 10.2 Å². The minimum atomic E-state index is -0.955. The van der Waals surface area contributed by atoms with Crippen molar-refractivity contribution in [1.29, 1.82) is 5.26 Å². The number of anilines is 1. The molecule has 1 fully saturated rings. The summed E-state index contributed by atoms with van der Waals surface area (Å²) in [5, 5.41) is 21.6. The Balaban J connectivity index is 1.14. The van der Waals surface area contributed by atoms with Gasteiger partial charge in [0.05, 0.1) is 53.1 Å². The Morgan fingerprint density at radius 1 is 1.20 bits per heavy atom. The predicted molar refractivity (Wildman–Crippen MR) is 152 cm³/mol. The first-order chi connectivity index (χ1) is 20.0. The van der Waals surface area contributed by atoms with E-state index in [-0.39, 0.29) is 18.2 Å². The summed E-state index contributed by atoms with van der Waals surface area (Å²) in [7, 11) is 0. The number of nitrogens with one attached hydrogen (secondary N) is 1. The van der Waals surface area contributed by atoms with E-state index in [9.17, 15) is 14.3 Å². The Labute approximate surface area is 236 Å². The first-order valence-corrected chi connectivity index (χ1v) is 13.6. The molecule has 0 bridgehead atoms. The van der Waals surface area contributed by atoms with Gasteiger partial charge in [-0.15, -0.1) is 0 Å². The first-order valence-electron chi connectivity index (χ1n) is 13.6. The molecule has 0 spiro atoms. The Bertz CT molecular complexity index is 1690. The number of nitrogens with zero attached hydrogens (tertiary/aromatic N) is 5. The Hall–Kier alpha value is -4.59. The summed E-state index contributed by atoms with van der Waals surface area (Å²) in [6.45, 7) is 3.86. The number of fused-ring (bicyclic) bond motifs is 1. The molecule has 0 aliphatic carbocycles. The van der Waals surface area contributed by atoms with Crippen LogP contribution in [0.3, 0.4) is 0 Å². The van der Waals surface area contributed by atoms with Gasteiger partial charge in [0.1, 0.15) is 17.5 Å². The lowest BCUT2D eigenvalue weighted by atomic mass is 10.0. The van der Waals surface area contributed by atoms with E-state index in [4.69, 9.17) is 20.0 Å². The SMILES string of the molecule is N#Cc1ccc(CNc2cccc(C3=CCN(Cc4nc5ccc(C(=O)O)cc5n4C[C@@H]4CCO4)CC3)n2)c(F)c1. The first kappa shape index (κ1) is 26.6. The van der Waals surface area contributed by atoms with E-state index in [0.29, 0.717) is 30.0 Å². The van der Waals surface area contributed by atoms with Crippen molar-refractivity contribution < 1.29 is 19.0 Å². The molecule has 0 amide bonds. The number of carbonyl (C=O) groups is 1. The molecule has 0 saturated carbocycles. The summed E-state index contributed by atoms with van der Waals surface area (Å²) < 4.78 is 22.0. The molecule has 1 atom stereocenters. The zero-order valence-corrected chi connectivity index (χ0v) is 22.4. The third kappa shape index (κ3) is 5.82. The van der Waals surface area contributed by atoms with E-state index in [0.717, 1.165) is 60.7 Å². The number of carboxylic acids is 1. The molecule has 0 unspecified atom stereocenters. The lowest BCUT2D eigenvalue weighted by Crippen LogP contribution is -2.33. The summed E-state index contributed by atoms with van der Waals surface area (Å²) >= 11 is 0. The van der Waals surface area contributed by atoms with Crippen LogP contribution in [-0.2, 0) is 24.4 Å². The number of hydrogen-bond acceptors (Lipinski definition) is 7. The fraction of sp³-hybridized carbons (Fsp3) is 0.290. The van der Waals surface area contributed by atoms with Gasteiger partial charge in [0, 0.05) is 31.8 Å². The van der Waals surface area contributed by atoms with Crippen LogP contribution >= 0.6 is 0 Å². The van der Waals surface area contributed by atoms with Crippen molar-refractivity contribution in [3.05, 3.63) is 94.7 Å². The third-order valence-corrected chi connectivity index (χ3v) is 7.63. The van der Waals surface area contributed by atoms with Gasteiger partial charge in [-0.1, -0.05) is 18.2 Å².